The molecule has 3 N–H and O–H groups in total. The molecule has 0 amide bonds. The minimum absolute atomic E-state index is 0.00217. The van der Waals surface area contributed by atoms with E-state index in [1.165, 1.54) is 0 Å². The molecule has 4 atom stereocenters. The molecule has 2 aromatic carbocycles. The van der Waals surface area contributed by atoms with E-state index in [0.717, 1.165) is 30.5 Å². The molecule has 37 heavy (non-hydrogen) atoms. The van der Waals surface area contributed by atoms with Crippen LogP contribution in [-0.2, 0) is 22.4 Å². The molecule has 202 valence electrons. The van der Waals surface area contributed by atoms with Gasteiger partial charge in [0, 0.05) is 33.5 Å². The number of carbonyl (C=O) groups is 2. The smallest absolute Gasteiger partial charge is 0.157 e. The highest BCUT2D eigenvalue weighted by Gasteiger charge is 2.42. The zero-order valence-electron chi connectivity index (χ0n) is 22.6. The number of halogens is 2. The number of ketones is 2. The van der Waals surface area contributed by atoms with Gasteiger partial charge in [-0.15, -0.1) is 0 Å². The molecule has 1 saturated heterocycles. The number of nitrogens with one attached hydrogen (secondary N) is 3. The number of rotatable bonds is 12. The summed E-state index contributed by atoms with van der Waals surface area (Å²) in [5, 5.41) is 11.9. The van der Waals surface area contributed by atoms with Gasteiger partial charge in [-0.2, -0.15) is 0 Å². The van der Waals surface area contributed by atoms with E-state index in [-0.39, 0.29) is 41.7 Å². The molecule has 1 aliphatic heterocycles. The SMILES string of the molecule is CN[C@H](Cc1ccc(Cl)cc1)C(=O)C(C)(C)C1CC(N[C@H](Cc2ccc(Cl)cc2)C(=O)C(C)C)CCN1. The van der Waals surface area contributed by atoms with Gasteiger partial charge in [-0.3, -0.25) is 9.59 Å². The lowest BCUT2D eigenvalue weighted by Crippen LogP contribution is -2.59. The summed E-state index contributed by atoms with van der Waals surface area (Å²) in [6.45, 7) is 8.76. The molecule has 0 radical (unpaired) electrons. The fraction of sp³-hybridized carbons (Fsp3) is 0.533. The Labute approximate surface area is 232 Å². The third-order valence-corrected chi connectivity index (χ3v) is 8.13. The Bertz CT molecular complexity index is 1040. The van der Waals surface area contributed by atoms with Crippen LogP contribution in [0.4, 0.5) is 0 Å². The van der Waals surface area contributed by atoms with E-state index in [9.17, 15) is 9.59 Å². The summed E-state index contributed by atoms with van der Waals surface area (Å²) in [7, 11) is 1.84. The minimum Gasteiger partial charge on any atom is -0.313 e. The fourth-order valence-corrected chi connectivity index (χ4v) is 5.46. The fourth-order valence-electron chi connectivity index (χ4n) is 5.21. The summed E-state index contributed by atoms with van der Waals surface area (Å²) in [6, 6.07) is 14.9. The van der Waals surface area contributed by atoms with Crippen molar-refractivity contribution < 1.29 is 9.59 Å². The van der Waals surface area contributed by atoms with Crippen LogP contribution in [0.1, 0.15) is 51.7 Å². The van der Waals surface area contributed by atoms with E-state index in [4.69, 9.17) is 23.2 Å². The molecule has 0 aromatic heterocycles. The zero-order chi connectivity index (χ0) is 27.2. The van der Waals surface area contributed by atoms with E-state index in [0.29, 0.717) is 22.9 Å². The first-order valence-electron chi connectivity index (χ1n) is 13.2. The highest BCUT2D eigenvalue weighted by molar-refractivity contribution is 6.30. The van der Waals surface area contributed by atoms with Crippen LogP contribution >= 0.6 is 23.2 Å². The predicted molar refractivity (Wildman–Crippen MR) is 154 cm³/mol. The third kappa shape index (κ3) is 8.11. The van der Waals surface area contributed by atoms with Gasteiger partial charge in [-0.1, -0.05) is 75.2 Å². The number of carbonyl (C=O) groups excluding carboxylic acids is 2. The van der Waals surface area contributed by atoms with E-state index in [1.54, 1.807) is 0 Å². The van der Waals surface area contributed by atoms with Gasteiger partial charge in [0.2, 0.25) is 0 Å². The van der Waals surface area contributed by atoms with Gasteiger partial charge in [0.25, 0.3) is 0 Å². The van der Waals surface area contributed by atoms with Gasteiger partial charge in [0.05, 0.1) is 12.1 Å². The largest absolute Gasteiger partial charge is 0.313 e. The molecule has 0 bridgehead atoms. The number of benzene rings is 2. The molecule has 0 aliphatic carbocycles. The van der Waals surface area contributed by atoms with Crippen molar-refractivity contribution in [3.05, 3.63) is 69.7 Å². The van der Waals surface area contributed by atoms with Crippen LogP contribution in [0.25, 0.3) is 0 Å². The number of Topliss-reactive ketones (excluding diaryl/α,β-unsaturated/α-hetero) is 2. The molecular formula is C30H41Cl2N3O2. The first-order chi connectivity index (χ1) is 17.5. The van der Waals surface area contributed by atoms with E-state index < -0.39 is 5.41 Å². The molecular weight excluding hydrogens is 505 g/mol. The van der Waals surface area contributed by atoms with Crippen molar-refractivity contribution in [3.63, 3.8) is 0 Å². The summed E-state index contributed by atoms with van der Waals surface area (Å²) < 4.78 is 0. The quantitative estimate of drug-likeness (QED) is 0.339. The Morgan fingerprint density at radius 2 is 1.46 bits per heavy atom. The van der Waals surface area contributed by atoms with Crippen molar-refractivity contribution in [3.8, 4) is 0 Å². The van der Waals surface area contributed by atoms with Gasteiger partial charge in [-0.05, 0) is 74.7 Å². The zero-order valence-corrected chi connectivity index (χ0v) is 24.1. The van der Waals surface area contributed by atoms with Gasteiger partial charge in [-0.25, -0.2) is 0 Å². The molecule has 2 aromatic rings. The molecule has 1 aliphatic rings. The van der Waals surface area contributed by atoms with Gasteiger partial charge < -0.3 is 16.0 Å². The molecule has 0 spiro atoms. The molecule has 1 fully saturated rings. The average molecular weight is 547 g/mol. The number of likely N-dealkylation sites (N-methyl/N-ethyl adjacent to an activating group) is 1. The maximum Gasteiger partial charge on any atom is 0.157 e. The minimum atomic E-state index is -0.589. The van der Waals surface area contributed by atoms with Crippen molar-refractivity contribution in [2.75, 3.05) is 13.6 Å². The lowest BCUT2D eigenvalue weighted by molar-refractivity contribution is -0.131. The molecule has 5 nitrogen and oxygen atoms in total. The lowest BCUT2D eigenvalue weighted by atomic mass is 9.72. The van der Waals surface area contributed by atoms with Crippen LogP contribution in [0.2, 0.25) is 10.0 Å². The standard InChI is InChI=1S/C30H41Cl2N3O2/c1-19(2)28(36)25(16-20-6-10-22(31)11-7-20)35-24-14-15-34-27(18-24)30(3,4)29(37)26(33-5)17-21-8-12-23(32)13-9-21/h6-13,19,24-27,33-35H,14-18H2,1-5H3/t24?,25-,26-,27?/m1/s1. The molecule has 1 heterocycles. The summed E-state index contributed by atoms with van der Waals surface area (Å²) in [6.07, 6.45) is 2.91. The molecule has 7 heteroatoms. The van der Waals surface area contributed by atoms with Crippen molar-refractivity contribution in [1.29, 1.82) is 0 Å². The summed E-state index contributed by atoms with van der Waals surface area (Å²) in [4.78, 5) is 26.9. The van der Waals surface area contributed by atoms with Crippen molar-refractivity contribution in [1.82, 2.24) is 16.0 Å². The van der Waals surface area contributed by atoms with Crippen molar-refractivity contribution in [2.45, 2.75) is 77.5 Å². The summed E-state index contributed by atoms with van der Waals surface area (Å²) in [5.41, 5.74) is 1.56. The number of piperidine rings is 1. The number of hydrogen-bond acceptors (Lipinski definition) is 5. The van der Waals surface area contributed by atoms with Crippen LogP contribution in [0.3, 0.4) is 0 Å². The van der Waals surface area contributed by atoms with Gasteiger partial charge in [0.1, 0.15) is 0 Å². The Balaban J connectivity index is 1.70. The predicted octanol–water partition coefficient (Wildman–Crippen LogP) is 5.27. The van der Waals surface area contributed by atoms with E-state index in [1.807, 2.05) is 83.3 Å². The van der Waals surface area contributed by atoms with Gasteiger partial charge in [0.15, 0.2) is 11.6 Å². The second kappa shape index (κ2) is 13.3. The monoisotopic (exact) mass is 545 g/mol. The molecule has 0 saturated carbocycles. The highest BCUT2D eigenvalue weighted by atomic mass is 35.5. The molecule has 2 unspecified atom stereocenters. The average Bonchev–Trinajstić information content (AvgIpc) is 2.88. The Morgan fingerprint density at radius 3 is 1.95 bits per heavy atom. The Hall–Kier alpha value is -1.76. The van der Waals surface area contributed by atoms with Crippen LogP contribution in [0.15, 0.2) is 48.5 Å². The highest BCUT2D eigenvalue weighted by Crippen LogP contribution is 2.30. The van der Waals surface area contributed by atoms with Crippen LogP contribution < -0.4 is 16.0 Å². The first-order valence-corrected chi connectivity index (χ1v) is 14.0. The van der Waals surface area contributed by atoms with E-state index in [2.05, 4.69) is 16.0 Å². The summed E-state index contributed by atoms with van der Waals surface area (Å²) >= 11 is 12.1. The van der Waals surface area contributed by atoms with E-state index >= 15 is 0 Å². The second-order valence-corrected chi connectivity index (χ2v) is 12.0. The maximum atomic E-state index is 13.7. The third-order valence-electron chi connectivity index (χ3n) is 7.63. The maximum absolute atomic E-state index is 13.7. The van der Waals surface area contributed by atoms with Crippen LogP contribution in [0.5, 0.6) is 0 Å². The lowest BCUT2D eigenvalue weighted by Gasteiger charge is -2.42. The Kier molecular flexibility index (Phi) is 10.7. The number of hydrogen-bond donors (Lipinski definition) is 3. The van der Waals surface area contributed by atoms with Gasteiger partial charge >= 0.3 is 0 Å². The molecule has 3 rings (SSSR count). The van der Waals surface area contributed by atoms with Crippen LogP contribution in [-0.4, -0.2) is 49.3 Å². The van der Waals surface area contributed by atoms with Crippen molar-refractivity contribution in [2.24, 2.45) is 11.3 Å². The second-order valence-electron chi connectivity index (χ2n) is 11.1. The topological polar surface area (TPSA) is 70.2 Å². The first kappa shape index (κ1) is 29.8. The van der Waals surface area contributed by atoms with Crippen LogP contribution in [0, 0.1) is 11.3 Å². The normalized spacial score (nSPS) is 20.0. The summed E-state index contributed by atoms with van der Waals surface area (Å²) in [5.74, 6) is 0.322. The van der Waals surface area contributed by atoms with Crippen molar-refractivity contribution >= 4 is 34.8 Å². The Morgan fingerprint density at radius 1 is 0.946 bits per heavy atom.